The molecule has 0 heterocycles. The summed E-state index contributed by atoms with van der Waals surface area (Å²) >= 11 is 6.12. The summed E-state index contributed by atoms with van der Waals surface area (Å²) in [5.41, 5.74) is 4.36. The molecule has 0 unspecified atom stereocenters. The standard InChI is InChI=1S/C13H12ClN/c1-9(8-15)13(14)12-6-5-10-3-2-4-11(10)7-12/h5-7H,2-4H2,1H3. The Kier molecular flexibility index (Phi) is 2.79. The van der Waals surface area contributed by atoms with E-state index in [0.717, 1.165) is 12.0 Å². The van der Waals surface area contributed by atoms with Gasteiger partial charge in [-0.1, -0.05) is 23.7 Å². The Morgan fingerprint density at radius 1 is 1.33 bits per heavy atom. The Balaban J connectivity index is 2.44. The third-order valence-electron chi connectivity index (χ3n) is 2.85. The van der Waals surface area contributed by atoms with E-state index in [9.17, 15) is 0 Å². The molecule has 0 spiro atoms. The fraction of sp³-hybridized carbons (Fsp3) is 0.308. The highest BCUT2D eigenvalue weighted by Crippen LogP contribution is 2.28. The first-order valence-corrected chi connectivity index (χ1v) is 5.49. The predicted octanol–water partition coefficient (Wildman–Crippen LogP) is 3.67. The summed E-state index contributed by atoms with van der Waals surface area (Å²) in [6, 6.07) is 8.33. The van der Waals surface area contributed by atoms with Crippen molar-refractivity contribution < 1.29 is 0 Å². The largest absolute Gasteiger partial charge is 0.193 e. The molecule has 0 saturated carbocycles. The molecule has 2 rings (SSSR count). The van der Waals surface area contributed by atoms with Crippen LogP contribution in [0.4, 0.5) is 0 Å². The van der Waals surface area contributed by atoms with E-state index < -0.39 is 0 Å². The SMILES string of the molecule is CC(C#N)=C(Cl)c1ccc2c(c1)CCC2. The summed E-state index contributed by atoms with van der Waals surface area (Å²) in [4.78, 5) is 0. The molecule has 2 heteroatoms. The Morgan fingerprint density at radius 3 is 2.80 bits per heavy atom. The van der Waals surface area contributed by atoms with Gasteiger partial charge < -0.3 is 0 Å². The van der Waals surface area contributed by atoms with Gasteiger partial charge in [-0.05, 0) is 48.9 Å². The van der Waals surface area contributed by atoms with E-state index in [1.165, 1.54) is 24.0 Å². The summed E-state index contributed by atoms with van der Waals surface area (Å²) in [7, 11) is 0. The second-order valence-electron chi connectivity index (χ2n) is 3.89. The molecule has 76 valence electrons. The first-order chi connectivity index (χ1) is 7.22. The summed E-state index contributed by atoms with van der Waals surface area (Å²) in [6.45, 7) is 1.75. The molecule has 1 aliphatic carbocycles. The average Bonchev–Trinajstić information content (AvgIpc) is 2.73. The maximum absolute atomic E-state index is 8.77. The van der Waals surface area contributed by atoms with Crippen LogP contribution in [-0.2, 0) is 12.8 Å². The Labute approximate surface area is 95.0 Å². The van der Waals surface area contributed by atoms with Crippen molar-refractivity contribution >= 4 is 16.6 Å². The maximum atomic E-state index is 8.77. The second kappa shape index (κ2) is 4.08. The van der Waals surface area contributed by atoms with Crippen LogP contribution in [0.15, 0.2) is 23.8 Å². The molecule has 15 heavy (non-hydrogen) atoms. The molecule has 0 bridgehead atoms. The molecule has 0 aliphatic heterocycles. The highest BCUT2D eigenvalue weighted by Gasteiger charge is 2.12. The zero-order chi connectivity index (χ0) is 10.8. The third kappa shape index (κ3) is 1.91. The maximum Gasteiger partial charge on any atom is 0.0959 e. The predicted molar refractivity (Wildman–Crippen MR) is 62.5 cm³/mol. The fourth-order valence-corrected chi connectivity index (χ4v) is 2.13. The van der Waals surface area contributed by atoms with E-state index in [0.29, 0.717) is 10.6 Å². The van der Waals surface area contributed by atoms with Gasteiger partial charge in [0.25, 0.3) is 0 Å². The van der Waals surface area contributed by atoms with Gasteiger partial charge in [0, 0.05) is 5.57 Å². The molecule has 1 aromatic rings. The van der Waals surface area contributed by atoms with Crippen molar-refractivity contribution in [3.8, 4) is 6.07 Å². The lowest BCUT2D eigenvalue weighted by Gasteiger charge is -2.04. The number of nitriles is 1. The van der Waals surface area contributed by atoms with Gasteiger partial charge in [-0.2, -0.15) is 5.26 Å². The summed E-state index contributed by atoms with van der Waals surface area (Å²) in [6.07, 6.45) is 3.55. The molecular formula is C13H12ClN. The molecule has 1 aliphatic rings. The number of allylic oxidation sites excluding steroid dienone is 1. The van der Waals surface area contributed by atoms with Crippen molar-refractivity contribution in [2.45, 2.75) is 26.2 Å². The van der Waals surface area contributed by atoms with Crippen molar-refractivity contribution in [3.63, 3.8) is 0 Å². The van der Waals surface area contributed by atoms with Crippen LogP contribution in [-0.4, -0.2) is 0 Å². The smallest absolute Gasteiger partial charge is 0.0959 e. The lowest BCUT2D eigenvalue weighted by Crippen LogP contribution is -1.86. The van der Waals surface area contributed by atoms with Crippen LogP contribution in [0, 0.1) is 11.3 Å². The van der Waals surface area contributed by atoms with Crippen molar-refractivity contribution in [3.05, 3.63) is 40.5 Å². The number of hydrogen-bond donors (Lipinski definition) is 0. The van der Waals surface area contributed by atoms with Gasteiger partial charge in [0.1, 0.15) is 0 Å². The number of aryl methyl sites for hydroxylation is 2. The Hall–Kier alpha value is -1.26. The average molecular weight is 218 g/mol. The number of benzene rings is 1. The number of hydrogen-bond acceptors (Lipinski definition) is 1. The minimum Gasteiger partial charge on any atom is -0.193 e. The normalized spacial score (nSPS) is 15.5. The van der Waals surface area contributed by atoms with Crippen molar-refractivity contribution in [1.29, 1.82) is 5.26 Å². The molecule has 0 aromatic heterocycles. The summed E-state index contributed by atoms with van der Waals surface area (Å²) < 4.78 is 0. The van der Waals surface area contributed by atoms with Crippen LogP contribution in [0.2, 0.25) is 0 Å². The van der Waals surface area contributed by atoms with Crippen molar-refractivity contribution in [1.82, 2.24) is 0 Å². The zero-order valence-corrected chi connectivity index (χ0v) is 9.43. The Morgan fingerprint density at radius 2 is 2.07 bits per heavy atom. The zero-order valence-electron chi connectivity index (χ0n) is 8.68. The quantitative estimate of drug-likeness (QED) is 0.659. The minimum absolute atomic E-state index is 0.576. The van der Waals surface area contributed by atoms with E-state index in [2.05, 4.69) is 18.2 Å². The van der Waals surface area contributed by atoms with E-state index in [1.807, 2.05) is 6.07 Å². The van der Waals surface area contributed by atoms with Gasteiger partial charge in [-0.25, -0.2) is 0 Å². The van der Waals surface area contributed by atoms with Crippen molar-refractivity contribution in [2.75, 3.05) is 0 Å². The van der Waals surface area contributed by atoms with Crippen molar-refractivity contribution in [2.24, 2.45) is 0 Å². The molecule has 0 atom stereocenters. The van der Waals surface area contributed by atoms with Gasteiger partial charge in [0.05, 0.1) is 11.1 Å². The first kappa shape index (κ1) is 10.3. The number of nitrogens with zero attached hydrogens (tertiary/aromatic N) is 1. The molecule has 0 radical (unpaired) electrons. The van der Waals surface area contributed by atoms with E-state index in [1.54, 1.807) is 6.92 Å². The van der Waals surface area contributed by atoms with Crippen LogP contribution in [0.5, 0.6) is 0 Å². The number of rotatable bonds is 1. The number of fused-ring (bicyclic) bond motifs is 1. The Bertz CT molecular complexity index is 466. The highest BCUT2D eigenvalue weighted by atomic mass is 35.5. The fourth-order valence-electron chi connectivity index (χ4n) is 1.97. The molecule has 0 N–H and O–H groups in total. The number of halogens is 1. The molecule has 0 saturated heterocycles. The van der Waals surface area contributed by atoms with E-state index >= 15 is 0 Å². The second-order valence-corrected chi connectivity index (χ2v) is 4.27. The molecule has 0 amide bonds. The first-order valence-electron chi connectivity index (χ1n) is 5.11. The molecule has 1 nitrogen and oxygen atoms in total. The van der Waals surface area contributed by atoms with Crippen LogP contribution in [0.1, 0.15) is 30.0 Å². The minimum atomic E-state index is 0.576. The van der Waals surface area contributed by atoms with Gasteiger partial charge in [-0.3, -0.25) is 0 Å². The topological polar surface area (TPSA) is 23.8 Å². The van der Waals surface area contributed by atoms with E-state index in [4.69, 9.17) is 16.9 Å². The summed E-state index contributed by atoms with van der Waals surface area (Å²) in [5.74, 6) is 0. The molecule has 1 aromatic carbocycles. The van der Waals surface area contributed by atoms with Crippen LogP contribution in [0.3, 0.4) is 0 Å². The van der Waals surface area contributed by atoms with Crippen LogP contribution in [0.25, 0.3) is 5.03 Å². The van der Waals surface area contributed by atoms with Crippen LogP contribution < -0.4 is 0 Å². The lowest BCUT2D eigenvalue weighted by atomic mass is 10.0. The monoisotopic (exact) mass is 217 g/mol. The van der Waals surface area contributed by atoms with Gasteiger partial charge in [0.15, 0.2) is 0 Å². The van der Waals surface area contributed by atoms with Crippen LogP contribution >= 0.6 is 11.6 Å². The lowest BCUT2D eigenvalue weighted by molar-refractivity contribution is 0.912. The highest BCUT2D eigenvalue weighted by molar-refractivity contribution is 6.49. The van der Waals surface area contributed by atoms with Gasteiger partial charge in [-0.15, -0.1) is 0 Å². The molecule has 0 fully saturated rings. The van der Waals surface area contributed by atoms with E-state index in [-0.39, 0.29) is 0 Å². The van der Waals surface area contributed by atoms with Gasteiger partial charge >= 0.3 is 0 Å². The third-order valence-corrected chi connectivity index (χ3v) is 3.35. The molecular weight excluding hydrogens is 206 g/mol. The summed E-state index contributed by atoms with van der Waals surface area (Å²) in [5, 5.41) is 9.34. The van der Waals surface area contributed by atoms with Gasteiger partial charge in [0.2, 0.25) is 0 Å².